The molecule has 1 nitrogen and oxygen atoms in total. The molecule has 0 saturated heterocycles. The van der Waals surface area contributed by atoms with Gasteiger partial charge in [-0.05, 0) is 140 Å². The first-order chi connectivity index (χ1) is 23.9. The monoisotopic (exact) mass is 671 g/mol. The van der Waals surface area contributed by atoms with Gasteiger partial charge in [0.25, 0.3) is 0 Å². The summed E-state index contributed by atoms with van der Waals surface area (Å²) in [5.41, 5.74) is 20.0. The van der Waals surface area contributed by atoms with Crippen molar-refractivity contribution >= 4 is 40.4 Å². The average Bonchev–Trinajstić information content (AvgIpc) is 3.43. The van der Waals surface area contributed by atoms with Crippen molar-refractivity contribution in [3.05, 3.63) is 133 Å². The highest BCUT2D eigenvalue weighted by atomic mass is 15.1. The van der Waals surface area contributed by atoms with Crippen LogP contribution in [-0.2, 0) is 21.7 Å². The maximum Gasteiger partial charge on any atom is 0.0540 e. The lowest BCUT2D eigenvalue weighted by atomic mass is 9.70. The van der Waals surface area contributed by atoms with E-state index in [9.17, 15) is 0 Å². The van der Waals surface area contributed by atoms with E-state index in [1.807, 2.05) is 0 Å². The van der Waals surface area contributed by atoms with Crippen LogP contribution in [0.5, 0.6) is 0 Å². The van der Waals surface area contributed by atoms with Gasteiger partial charge in [0.05, 0.1) is 5.69 Å². The summed E-state index contributed by atoms with van der Waals surface area (Å²) >= 11 is 0. The van der Waals surface area contributed by atoms with E-state index in [2.05, 4.69) is 173 Å². The van der Waals surface area contributed by atoms with Crippen molar-refractivity contribution in [1.82, 2.24) is 0 Å². The third-order valence-corrected chi connectivity index (χ3v) is 13.0. The minimum atomic E-state index is -0.0155. The van der Waals surface area contributed by atoms with Gasteiger partial charge in [0.2, 0.25) is 0 Å². The van der Waals surface area contributed by atoms with Gasteiger partial charge in [-0.1, -0.05) is 136 Å². The molecule has 4 aromatic rings. The van der Waals surface area contributed by atoms with Crippen LogP contribution in [0.4, 0.5) is 17.1 Å². The van der Waals surface area contributed by atoms with Crippen molar-refractivity contribution in [3.8, 4) is 0 Å². The van der Waals surface area contributed by atoms with Gasteiger partial charge in [-0.15, -0.1) is 0 Å². The van der Waals surface area contributed by atoms with E-state index in [4.69, 9.17) is 0 Å². The molecule has 0 aromatic heterocycles. The Hall–Kier alpha value is -4.10. The highest BCUT2D eigenvalue weighted by Gasteiger charge is 2.49. The molecule has 0 saturated carbocycles. The minimum Gasteiger partial charge on any atom is -0.309 e. The van der Waals surface area contributed by atoms with Crippen molar-refractivity contribution in [1.29, 1.82) is 0 Å². The summed E-state index contributed by atoms with van der Waals surface area (Å²) in [5, 5.41) is 2.84. The van der Waals surface area contributed by atoms with Crippen LogP contribution in [0.25, 0.3) is 23.3 Å². The zero-order valence-electron chi connectivity index (χ0n) is 33.2. The fraction of sp³-hybridized carbons (Fsp3) is 0.400. The normalized spacial score (nSPS) is 19.6. The highest BCUT2D eigenvalue weighted by Crippen LogP contribution is 2.60. The standard InChI is InChI=1S/C50H57N/c1-30-25-32(47(3,4)5)21-23-43(30)51(44-24-22-33(26-31(44)2)48(6,7)8)45-29-42-46(36-19-14-13-18-35(36)45)38-28-40-37(27-41(38)50(42,11)12)34-17-15-16-20-39(34)49(40,9)10/h15-26,28-29,41H,13-14,27H2,1-12H3. The van der Waals surface area contributed by atoms with E-state index in [1.165, 1.54) is 77.6 Å². The van der Waals surface area contributed by atoms with Crippen molar-refractivity contribution in [2.45, 2.75) is 124 Å². The average molecular weight is 672 g/mol. The molecular weight excluding hydrogens is 615 g/mol. The Bertz CT molecular complexity index is 2260. The molecule has 4 aliphatic carbocycles. The van der Waals surface area contributed by atoms with Gasteiger partial charge >= 0.3 is 0 Å². The molecule has 1 heteroatoms. The van der Waals surface area contributed by atoms with Crippen molar-refractivity contribution in [2.75, 3.05) is 4.90 Å². The van der Waals surface area contributed by atoms with Crippen LogP contribution >= 0.6 is 0 Å². The second kappa shape index (κ2) is 11.2. The Kier molecular flexibility index (Phi) is 7.47. The second-order valence-corrected chi connectivity index (χ2v) is 19.1. The molecular formula is C50H57N. The van der Waals surface area contributed by atoms with Crippen molar-refractivity contribution < 1.29 is 0 Å². The summed E-state index contributed by atoms with van der Waals surface area (Å²) in [6.45, 7) is 28.4. The third kappa shape index (κ3) is 5.08. The van der Waals surface area contributed by atoms with E-state index in [0.717, 1.165) is 19.3 Å². The van der Waals surface area contributed by atoms with Crippen LogP contribution in [-0.4, -0.2) is 0 Å². The molecule has 0 spiro atoms. The zero-order valence-corrected chi connectivity index (χ0v) is 33.2. The number of anilines is 3. The van der Waals surface area contributed by atoms with Gasteiger partial charge in [-0.25, -0.2) is 0 Å². The molecule has 4 aromatic carbocycles. The molecule has 0 fully saturated rings. The maximum absolute atomic E-state index is 2.64. The molecule has 0 amide bonds. The predicted octanol–water partition coefficient (Wildman–Crippen LogP) is 12.2. The van der Waals surface area contributed by atoms with Crippen LogP contribution < -0.4 is 15.3 Å². The Balaban J connectivity index is 1.39. The topological polar surface area (TPSA) is 3.24 Å². The fourth-order valence-electron chi connectivity index (χ4n) is 9.82. The molecule has 262 valence electrons. The minimum absolute atomic E-state index is 0.0108. The molecule has 1 atom stereocenters. The Morgan fingerprint density at radius 3 is 1.78 bits per heavy atom. The van der Waals surface area contributed by atoms with Gasteiger partial charge in [-0.3, -0.25) is 0 Å². The summed E-state index contributed by atoms with van der Waals surface area (Å²) in [5.74, 6) is 0.442. The Morgan fingerprint density at radius 2 is 1.22 bits per heavy atom. The van der Waals surface area contributed by atoms with Gasteiger partial charge in [0, 0.05) is 22.0 Å². The van der Waals surface area contributed by atoms with E-state index < -0.39 is 0 Å². The lowest BCUT2D eigenvalue weighted by Crippen LogP contribution is -2.36. The van der Waals surface area contributed by atoms with E-state index in [0.29, 0.717) is 5.92 Å². The molecule has 4 aliphatic rings. The van der Waals surface area contributed by atoms with Crippen molar-refractivity contribution in [3.63, 3.8) is 0 Å². The van der Waals surface area contributed by atoms with Gasteiger partial charge < -0.3 is 4.90 Å². The lowest BCUT2D eigenvalue weighted by Gasteiger charge is -2.34. The molecule has 0 heterocycles. The third-order valence-electron chi connectivity index (χ3n) is 13.0. The number of hydrogen-bond acceptors (Lipinski definition) is 1. The summed E-state index contributed by atoms with van der Waals surface area (Å²) in [4.78, 5) is 2.61. The van der Waals surface area contributed by atoms with Crippen LogP contribution in [0.1, 0.15) is 133 Å². The number of allylic oxidation sites excluding steroid dienone is 4. The zero-order chi connectivity index (χ0) is 36.4. The lowest BCUT2D eigenvalue weighted by molar-refractivity contribution is 0.417. The molecule has 1 unspecified atom stereocenters. The van der Waals surface area contributed by atoms with Gasteiger partial charge in [0.15, 0.2) is 0 Å². The Labute approximate surface area is 307 Å². The second-order valence-electron chi connectivity index (χ2n) is 19.1. The molecule has 0 radical (unpaired) electrons. The van der Waals surface area contributed by atoms with E-state index >= 15 is 0 Å². The van der Waals surface area contributed by atoms with Crippen molar-refractivity contribution in [2.24, 2.45) is 5.92 Å². The summed E-state index contributed by atoms with van der Waals surface area (Å²) < 4.78 is 0. The predicted molar refractivity (Wildman–Crippen MR) is 221 cm³/mol. The summed E-state index contributed by atoms with van der Waals surface area (Å²) in [7, 11) is 0. The molecule has 8 rings (SSSR count). The first-order valence-electron chi connectivity index (χ1n) is 19.4. The fourth-order valence-corrected chi connectivity index (χ4v) is 9.82. The summed E-state index contributed by atoms with van der Waals surface area (Å²) in [6, 6.07) is 26.1. The van der Waals surface area contributed by atoms with Gasteiger partial charge in [0.1, 0.15) is 0 Å². The Morgan fingerprint density at radius 1 is 0.647 bits per heavy atom. The quantitative estimate of drug-likeness (QED) is 0.210. The van der Waals surface area contributed by atoms with Crippen LogP contribution in [0.2, 0.25) is 0 Å². The number of hydrogen-bond donors (Lipinski definition) is 0. The van der Waals surface area contributed by atoms with E-state index in [-0.39, 0.29) is 21.7 Å². The van der Waals surface area contributed by atoms with Gasteiger partial charge in [-0.2, -0.15) is 0 Å². The number of fused-ring (bicyclic) bond motifs is 7. The molecule has 0 aliphatic heterocycles. The van der Waals surface area contributed by atoms with Crippen LogP contribution in [0.3, 0.4) is 0 Å². The first kappa shape index (κ1) is 34.0. The molecule has 51 heavy (non-hydrogen) atoms. The molecule has 0 bridgehead atoms. The van der Waals surface area contributed by atoms with Crippen LogP contribution in [0.15, 0.2) is 78.4 Å². The first-order valence-corrected chi connectivity index (χ1v) is 19.4. The number of rotatable bonds is 3. The smallest absolute Gasteiger partial charge is 0.0540 e. The number of benzene rings is 4. The molecule has 0 N–H and O–H groups in total. The van der Waals surface area contributed by atoms with E-state index in [1.54, 1.807) is 11.1 Å². The number of nitrogens with zero attached hydrogens (tertiary/aromatic N) is 1. The number of aryl methyl sites for hydroxylation is 2. The SMILES string of the molecule is Cc1cc(C(C)(C)C)ccc1N(c1ccc(C(C)(C)C)cc1C)c1cc2c(c3c1=CCCC=3)C1=CC3=C(CC1C2(C)C)c1ccccc1C3(C)C. The van der Waals surface area contributed by atoms with Crippen LogP contribution in [0, 0.1) is 19.8 Å². The summed E-state index contributed by atoms with van der Waals surface area (Å²) in [6.07, 6.45) is 11.0. The largest absolute Gasteiger partial charge is 0.309 e. The maximum atomic E-state index is 2.64. The highest BCUT2D eigenvalue weighted by molar-refractivity contribution is 5.94.